The Labute approximate surface area is 132 Å². The van der Waals surface area contributed by atoms with E-state index in [0.29, 0.717) is 0 Å². The summed E-state index contributed by atoms with van der Waals surface area (Å²) in [6, 6.07) is 8.21. The number of amides is 2. The lowest BCUT2D eigenvalue weighted by molar-refractivity contribution is -0.130. The smallest absolute Gasteiger partial charge is 0.239 e. The van der Waals surface area contributed by atoms with Crippen LogP contribution < -0.4 is 10.6 Å². The van der Waals surface area contributed by atoms with E-state index in [-0.39, 0.29) is 24.4 Å². The third kappa shape index (κ3) is 4.48. The third-order valence-corrected chi connectivity index (χ3v) is 4.14. The lowest BCUT2D eigenvalue weighted by Crippen LogP contribution is -2.47. The second-order valence-electron chi connectivity index (χ2n) is 5.71. The van der Waals surface area contributed by atoms with E-state index in [1.165, 1.54) is 5.56 Å². The normalized spacial score (nSPS) is 15.5. The van der Waals surface area contributed by atoms with E-state index in [1.54, 1.807) is 6.92 Å². The molecule has 2 N–H and O–H groups in total. The molecule has 1 aromatic carbocycles. The molecule has 1 fully saturated rings. The van der Waals surface area contributed by atoms with E-state index >= 15 is 0 Å². The summed E-state index contributed by atoms with van der Waals surface area (Å²) in [5.41, 5.74) is 2.23. The van der Waals surface area contributed by atoms with Crippen LogP contribution in [-0.4, -0.2) is 42.4 Å². The molecule has 0 atom stereocenters. The maximum Gasteiger partial charge on any atom is 0.239 e. The van der Waals surface area contributed by atoms with Gasteiger partial charge in [-0.15, -0.1) is 0 Å². The van der Waals surface area contributed by atoms with Crippen molar-refractivity contribution in [1.29, 1.82) is 0 Å². The number of nitrogens with zero attached hydrogens (tertiary/aromatic N) is 1. The molecule has 2 amide bonds. The maximum absolute atomic E-state index is 12.0. The van der Waals surface area contributed by atoms with Crippen molar-refractivity contribution in [3.63, 3.8) is 0 Å². The van der Waals surface area contributed by atoms with Crippen molar-refractivity contribution in [2.75, 3.05) is 25.0 Å². The quantitative estimate of drug-likeness (QED) is 0.872. The summed E-state index contributed by atoms with van der Waals surface area (Å²) < 4.78 is 0. The molecule has 0 radical (unpaired) electrons. The molecular weight excluding hydrogens is 278 g/mol. The average molecular weight is 303 g/mol. The highest BCUT2D eigenvalue weighted by atomic mass is 16.2. The number of carbonyl (C=O) groups excluding carboxylic acids is 2. The number of rotatable bonds is 5. The molecule has 1 aliphatic heterocycles. The first-order valence-electron chi connectivity index (χ1n) is 7.96. The highest BCUT2D eigenvalue weighted by molar-refractivity contribution is 5.81. The predicted octanol–water partition coefficient (Wildman–Crippen LogP) is 1.79. The summed E-state index contributed by atoms with van der Waals surface area (Å²) >= 11 is 0. The largest absolute Gasteiger partial charge is 0.376 e. The second kappa shape index (κ2) is 7.82. The zero-order chi connectivity index (χ0) is 15.9. The Kier molecular flexibility index (Phi) is 5.81. The zero-order valence-electron chi connectivity index (χ0n) is 13.4. The van der Waals surface area contributed by atoms with Gasteiger partial charge in [0, 0.05) is 31.7 Å². The minimum absolute atomic E-state index is 0.00665. The van der Waals surface area contributed by atoms with Crippen molar-refractivity contribution in [1.82, 2.24) is 10.2 Å². The summed E-state index contributed by atoms with van der Waals surface area (Å²) in [7, 11) is 0. The second-order valence-corrected chi connectivity index (χ2v) is 5.71. The van der Waals surface area contributed by atoms with E-state index in [9.17, 15) is 9.59 Å². The Bertz CT molecular complexity index is 522. The minimum Gasteiger partial charge on any atom is -0.376 e. The molecule has 1 aromatic rings. The van der Waals surface area contributed by atoms with Crippen LogP contribution in [-0.2, 0) is 16.0 Å². The SMILES string of the molecule is CCc1ccccc1NCC(=O)NC1CCN(C(C)=O)CC1. The molecule has 0 aromatic heterocycles. The van der Waals surface area contributed by atoms with Crippen molar-refractivity contribution in [2.24, 2.45) is 0 Å². The van der Waals surface area contributed by atoms with Crippen molar-refractivity contribution in [3.8, 4) is 0 Å². The molecule has 5 nitrogen and oxygen atoms in total. The van der Waals surface area contributed by atoms with Gasteiger partial charge in [-0.2, -0.15) is 0 Å². The number of para-hydroxylation sites is 1. The molecule has 0 bridgehead atoms. The van der Waals surface area contributed by atoms with Gasteiger partial charge in [-0.3, -0.25) is 9.59 Å². The number of aryl methyl sites for hydroxylation is 1. The number of hydrogen-bond acceptors (Lipinski definition) is 3. The Balaban J connectivity index is 1.76. The molecule has 0 spiro atoms. The minimum atomic E-state index is 0.00665. The highest BCUT2D eigenvalue weighted by Crippen LogP contribution is 2.15. The van der Waals surface area contributed by atoms with E-state index < -0.39 is 0 Å². The molecule has 1 heterocycles. The van der Waals surface area contributed by atoms with Crippen molar-refractivity contribution >= 4 is 17.5 Å². The Morgan fingerprint density at radius 1 is 1.23 bits per heavy atom. The number of nitrogens with one attached hydrogen (secondary N) is 2. The van der Waals surface area contributed by atoms with E-state index in [4.69, 9.17) is 0 Å². The van der Waals surface area contributed by atoms with E-state index in [2.05, 4.69) is 23.6 Å². The zero-order valence-corrected chi connectivity index (χ0v) is 13.4. The number of carbonyl (C=O) groups is 2. The first kappa shape index (κ1) is 16.3. The highest BCUT2D eigenvalue weighted by Gasteiger charge is 2.21. The van der Waals surface area contributed by atoms with Crippen LogP contribution in [0, 0.1) is 0 Å². The van der Waals surface area contributed by atoms with Crippen LogP contribution in [0.4, 0.5) is 5.69 Å². The molecule has 0 aliphatic carbocycles. The van der Waals surface area contributed by atoms with Crippen LogP contribution >= 0.6 is 0 Å². The van der Waals surface area contributed by atoms with Gasteiger partial charge in [0.05, 0.1) is 6.54 Å². The van der Waals surface area contributed by atoms with Gasteiger partial charge in [-0.25, -0.2) is 0 Å². The number of benzene rings is 1. The third-order valence-electron chi connectivity index (χ3n) is 4.14. The number of likely N-dealkylation sites (tertiary alicyclic amines) is 1. The summed E-state index contributed by atoms with van der Waals surface area (Å²) in [6.07, 6.45) is 2.60. The molecule has 1 saturated heterocycles. The van der Waals surface area contributed by atoms with Gasteiger partial charge in [0.25, 0.3) is 0 Å². The summed E-state index contributed by atoms with van der Waals surface area (Å²) in [5, 5.41) is 6.25. The number of hydrogen-bond donors (Lipinski definition) is 2. The topological polar surface area (TPSA) is 61.4 Å². The lowest BCUT2D eigenvalue weighted by Gasteiger charge is -2.31. The van der Waals surface area contributed by atoms with Crippen molar-refractivity contribution in [3.05, 3.63) is 29.8 Å². The van der Waals surface area contributed by atoms with E-state index in [0.717, 1.165) is 38.0 Å². The summed E-state index contributed by atoms with van der Waals surface area (Å²) in [6.45, 7) is 5.43. The van der Waals surface area contributed by atoms with E-state index in [1.807, 2.05) is 23.1 Å². The van der Waals surface area contributed by atoms with Gasteiger partial charge in [-0.1, -0.05) is 25.1 Å². The standard InChI is InChI=1S/C17H25N3O2/c1-3-14-6-4-5-7-16(14)18-12-17(22)19-15-8-10-20(11-9-15)13(2)21/h4-7,15,18H,3,8-12H2,1-2H3,(H,19,22). The number of piperidine rings is 1. The van der Waals surface area contributed by atoms with Crippen LogP contribution in [0.3, 0.4) is 0 Å². The van der Waals surface area contributed by atoms with Crippen LogP contribution in [0.25, 0.3) is 0 Å². The lowest BCUT2D eigenvalue weighted by atomic mass is 10.1. The Morgan fingerprint density at radius 3 is 2.55 bits per heavy atom. The Morgan fingerprint density at radius 2 is 1.91 bits per heavy atom. The molecule has 2 rings (SSSR count). The first-order valence-corrected chi connectivity index (χ1v) is 7.96. The molecule has 1 aliphatic rings. The predicted molar refractivity (Wildman–Crippen MR) is 87.7 cm³/mol. The van der Waals surface area contributed by atoms with Gasteiger partial charge in [-0.05, 0) is 30.9 Å². The van der Waals surface area contributed by atoms with Crippen LogP contribution in [0.1, 0.15) is 32.3 Å². The number of anilines is 1. The van der Waals surface area contributed by atoms with Crippen LogP contribution in [0.2, 0.25) is 0 Å². The molecule has 0 unspecified atom stereocenters. The van der Waals surface area contributed by atoms with Gasteiger partial charge in [0.15, 0.2) is 0 Å². The Hall–Kier alpha value is -2.04. The van der Waals surface area contributed by atoms with Crippen LogP contribution in [0.5, 0.6) is 0 Å². The molecule has 120 valence electrons. The fraction of sp³-hybridized carbons (Fsp3) is 0.529. The van der Waals surface area contributed by atoms with Crippen LogP contribution in [0.15, 0.2) is 24.3 Å². The van der Waals surface area contributed by atoms with Crippen molar-refractivity contribution < 1.29 is 9.59 Å². The fourth-order valence-electron chi connectivity index (χ4n) is 2.79. The summed E-state index contributed by atoms with van der Waals surface area (Å²) in [5.74, 6) is 0.120. The summed E-state index contributed by atoms with van der Waals surface area (Å²) in [4.78, 5) is 25.2. The van der Waals surface area contributed by atoms with Crippen molar-refractivity contribution in [2.45, 2.75) is 39.2 Å². The molecule has 5 heteroatoms. The molecule has 22 heavy (non-hydrogen) atoms. The van der Waals surface area contributed by atoms with Gasteiger partial charge < -0.3 is 15.5 Å². The van der Waals surface area contributed by atoms with Gasteiger partial charge in [0.2, 0.25) is 11.8 Å². The maximum atomic E-state index is 12.0. The first-order chi connectivity index (χ1) is 10.6. The van der Waals surface area contributed by atoms with Gasteiger partial charge in [0.1, 0.15) is 0 Å². The monoisotopic (exact) mass is 303 g/mol. The van der Waals surface area contributed by atoms with Gasteiger partial charge >= 0.3 is 0 Å². The molecule has 0 saturated carbocycles. The fourth-order valence-corrected chi connectivity index (χ4v) is 2.79. The average Bonchev–Trinajstić information content (AvgIpc) is 2.53. The molecular formula is C17H25N3O2.